The number of halogens is 2. The number of rotatable bonds is 1. The van der Waals surface area contributed by atoms with Gasteiger partial charge in [0.25, 0.3) is 5.91 Å². The molecule has 1 amide bonds. The molecule has 0 fully saturated rings. The number of aromatic nitrogens is 1. The van der Waals surface area contributed by atoms with E-state index in [1.165, 1.54) is 27.7 Å². The highest BCUT2D eigenvalue weighted by Crippen LogP contribution is 2.43. The van der Waals surface area contributed by atoms with E-state index in [1.807, 2.05) is 4.90 Å². The number of amides is 1. The zero-order chi connectivity index (χ0) is 18.7. The van der Waals surface area contributed by atoms with Crippen LogP contribution in [0, 0.1) is 6.92 Å². The SMILES string of the molecule is Cc1ccc2c(c1)c1c3n2CCN(C(=O)c2ccc(Cl)cc2Cl)[C@@H]3CCC1. The summed E-state index contributed by atoms with van der Waals surface area (Å²) in [7, 11) is 0. The lowest BCUT2D eigenvalue weighted by molar-refractivity contribution is 0.0601. The van der Waals surface area contributed by atoms with Crippen molar-refractivity contribution in [3.05, 3.63) is 68.8 Å². The number of hydrogen-bond acceptors (Lipinski definition) is 1. The topological polar surface area (TPSA) is 25.2 Å². The van der Waals surface area contributed by atoms with Crippen LogP contribution < -0.4 is 0 Å². The van der Waals surface area contributed by atoms with E-state index < -0.39 is 0 Å². The van der Waals surface area contributed by atoms with Gasteiger partial charge in [0.2, 0.25) is 0 Å². The Morgan fingerprint density at radius 3 is 2.78 bits per heavy atom. The van der Waals surface area contributed by atoms with Gasteiger partial charge in [0, 0.05) is 34.7 Å². The normalized spacial score (nSPS) is 18.6. The van der Waals surface area contributed by atoms with Gasteiger partial charge in [-0.15, -0.1) is 0 Å². The minimum atomic E-state index is 0.00204. The van der Waals surface area contributed by atoms with E-state index in [0.717, 1.165) is 25.8 Å². The van der Waals surface area contributed by atoms with Crippen molar-refractivity contribution in [3.8, 4) is 0 Å². The third-order valence-corrected chi connectivity index (χ3v) is 6.50. The summed E-state index contributed by atoms with van der Waals surface area (Å²) >= 11 is 12.3. The molecule has 1 atom stereocenters. The molecule has 138 valence electrons. The lowest BCUT2D eigenvalue weighted by Gasteiger charge is -2.40. The highest BCUT2D eigenvalue weighted by Gasteiger charge is 2.37. The summed E-state index contributed by atoms with van der Waals surface area (Å²) < 4.78 is 2.43. The first-order chi connectivity index (χ1) is 13.0. The van der Waals surface area contributed by atoms with Gasteiger partial charge in [0.1, 0.15) is 0 Å². The molecule has 0 bridgehead atoms. The van der Waals surface area contributed by atoms with Gasteiger partial charge in [-0.25, -0.2) is 0 Å². The van der Waals surface area contributed by atoms with Gasteiger partial charge in [-0.1, -0.05) is 34.8 Å². The van der Waals surface area contributed by atoms with E-state index in [1.54, 1.807) is 18.2 Å². The summed E-state index contributed by atoms with van der Waals surface area (Å²) in [6.07, 6.45) is 3.19. The third-order valence-electron chi connectivity index (χ3n) is 5.95. The largest absolute Gasteiger partial charge is 0.341 e. The molecule has 5 rings (SSSR count). The first-order valence-corrected chi connectivity index (χ1v) is 10.2. The van der Waals surface area contributed by atoms with Crippen LogP contribution >= 0.6 is 23.2 Å². The lowest BCUT2D eigenvalue weighted by atomic mass is 9.89. The second-order valence-corrected chi connectivity index (χ2v) is 8.41. The van der Waals surface area contributed by atoms with E-state index in [2.05, 4.69) is 29.7 Å². The first-order valence-electron chi connectivity index (χ1n) is 9.42. The van der Waals surface area contributed by atoms with Gasteiger partial charge in [0.15, 0.2) is 0 Å². The maximum absolute atomic E-state index is 13.3. The molecule has 2 aliphatic rings. The van der Waals surface area contributed by atoms with Crippen LogP contribution in [-0.4, -0.2) is 21.9 Å². The van der Waals surface area contributed by atoms with Crippen molar-refractivity contribution in [1.29, 1.82) is 0 Å². The second kappa shape index (κ2) is 6.29. The van der Waals surface area contributed by atoms with Crippen LogP contribution in [0.15, 0.2) is 36.4 Å². The monoisotopic (exact) mass is 398 g/mol. The van der Waals surface area contributed by atoms with Crippen molar-refractivity contribution in [1.82, 2.24) is 9.47 Å². The van der Waals surface area contributed by atoms with Gasteiger partial charge < -0.3 is 9.47 Å². The van der Waals surface area contributed by atoms with Crippen LogP contribution in [0.25, 0.3) is 10.9 Å². The van der Waals surface area contributed by atoms with Crippen molar-refractivity contribution in [2.45, 2.75) is 38.8 Å². The van der Waals surface area contributed by atoms with Crippen LogP contribution in [0.2, 0.25) is 10.0 Å². The second-order valence-electron chi connectivity index (χ2n) is 7.57. The maximum Gasteiger partial charge on any atom is 0.255 e. The lowest BCUT2D eigenvalue weighted by Crippen LogP contribution is -2.43. The van der Waals surface area contributed by atoms with Gasteiger partial charge in [-0.3, -0.25) is 4.79 Å². The zero-order valence-corrected chi connectivity index (χ0v) is 16.6. The summed E-state index contributed by atoms with van der Waals surface area (Å²) in [6.45, 7) is 3.66. The molecule has 0 unspecified atom stereocenters. The molecular weight excluding hydrogens is 379 g/mol. The molecular formula is C22H20Cl2N2O. The van der Waals surface area contributed by atoms with E-state index >= 15 is 0 Å². The van der Waals surface area contributed by atoms with Crippen LogP contribution in [-0.2, 0) is 13.0 Å². The molecule has 0 saturated heterocycles. The van der Waals surface area contributed by atoms with Crippen molar-refractivity contribution in [2.24, 2.45) is 0 Å². The molecule has 1 aromatic heterocycles. The Labute approximate surface area is 168 Å². The zero-order valence-electron chi connectivity index (χ0n) is 15.1. The molecule has 3 nitrogen and oxygen atoms in total. The quantitative estimate of drug-likeness (QED) is 0.509. The van der Waals surface area contributed by atoms with Crippen molar-refractivity contribution in [2.75, 3.05) is 6.54 Å². The van der Waals surface area contributed by atoms with E-state index in [4.69, 9.17) is 23.2 Å². The van der Waals surface area contributed by atoms with Gasteiger partial charge in [0.05, 0.1) is 16.6 Å². The van der Waals surface area contributed by atoms with E-state index in [0.29, 0.717) is 22.2 Å². The fourth-order valence-corrected chi connectivity index (χ4v) is 5.27. The Morgan fingerprint density at radius 2 is 1.96 bits per heavy atom. The van der Waals surface area contributed by atoms with Crippen LogP contribution in [0.4, 0.5) is 0 Å². The highest BCUT2D eigenvalue weighted by molar-refractivity contribution is 6.36. The molecule has 2 aromatic carbocycles. The summed E-state index contributed by atoms with van der Waals surface area (Å²) in [6, 6.07) is 11.9. The molecule has 1 aliphatic heterocycles. The Morgan fingerprint density at radius 1 is 1.11 bits per heavy atom. The summed E-state index contributed by atoms with van der Waals surface area (Å²) in [4.78, 5) is 15.3. The van der Waals surface area contributed by atoms with E-state index in [9.17, 15) is 4.79 Å². The van der Waals surface area contributed by atoms with Crippen molar-refractivity contribution in [3.63, 3.8) is 0 Å². The van der Waals surface area contributed by atoms with Crippen molar-refractivity contribution >= 4 is 40.0 Å². The number of aryl methyl sites for hydroxylation is 2. The van der Waals surface area contributed by atoms with Crippen LogP contribution in [0.5, 0.6) is 0 Å². The average Bonchev–Trinajstić information content (AvgIpc) is 2.97. The number of nitrogens with zero attached hydrogens (tertiary/aromatic N) is 2. The van der Waals surface area contributed by atoms with Crippen molar-refractivity contribution < 1.29 is 4.79 Å². The Hall–Kier alpha value is -1.97. The first kappa shape index (κ1) is 17.2. The predicted molar refractivity (Wildman–Crippen MR) is 110 cm³/mol. The minimum Gasteiger partial charge on any atom is -0.341 e. The molecule has 0 radical (unpaired) electrons. The van der Waals surface area contributed by atoms with Gasteiger partial charge in [-0.2, -0.15) is 0 Å². The van der Waals surface area contributed by atoms with E-state index in [-0.39, 0.29) is 11.9 Å². The molecule has 5 heteroatoms. The minimum absolute atomic E-state index is 0.00204. The Kier molecular flexibility index (Phi) is 3.99. The van der Waals surface area contributed by atoms with Gasteiger partial charge >= 0.3 is 0 Å². The average molecular weight is 399 g/mol. The number of carbonyl (C=O) groups excluding carboxylic acids is 1. The Bertz CT molecular complexity index is 1090. The molecule has 0 spiro atoms. The molecule has 0 N–H and O–H groups in total. The number of carbonyl (C=O) groups is 1. The molecule has 1 aliphatic carbocycles. The fraction of sp³-hybridized carbons (Fsp3) is 0.318. The number of hydrogen-bond donors (Lipinski definition) is 0. The maximum atomic E-state index is 13.3. The smallest absolute Gasteiger partial charge is 0.255 e. The Balaban J connectivity index is 1.62. The number of fused-ring (bicyclic) bond motifs is 3. The van der Waals surface area contributed by atoms with Gasteiger partial charge in [-0.05, 0) is 62.1 Å². The molecule has 2 heterocycles. The predicted octanol–water partition coefficient (Wildman–Crippen LogP) is 5.79. The summed E-state index contributed by atoms with van der Waals surface area (Å²) in [5, 5.41) is 2.32. The summed E-state index contributed by atoms with van der Waals surface area (Å²) in [5.74, 6) is 0.00204. The van der Waals surface area contributed by atoms with Crippen LogP contribution in [0.1, 0.15) is 46.1 Å². The third kappa shape index (κ3) is 2.60. The molecule has 3 aromatic rings. The molecule has 0 saturated carbocycles. The standard InChI is InChI=1S/C22H20Cl2N2O/c1-13-5-8-19-17(11-13)15-3-2-4-20-21(15)25(19)9-10-26(20)22(27)16-7-6-14(23)12-18(16)24/h5-8,11-12,20H,2-4,9-10H2,1H3/t20-/m1/s1. The fourth-order valence-electron chi connectivity index (χ4n) is 4.78. The molecule has 27 heavy (non-hydrogen) atoms. The highest BCUT2D eigenvalue weighted by atomic mass is 35.5. The summed E-state index contributed by atoms with van der Waals surface area (Å²) in [5.41, 5.74) is 5.86. The van der Waals surface area contributed by atoms with Crippen LogP contribution in [0.3, 0.4) is 0 Å². The number of benzene rings is 2.